The monoisotopic (exact) mass is 349 g/mol. The number of nitrogens with zero attached hydrogens (tertiary/aromatic N) is 2. The molecule has 0 aliphatic carbocycles. The van der Waals surface area contributed by atoms with E-state index in [0.717, 1.165) is 28.3 Å². The van der Waals surface area contributed by atoms with Crippen molar-refractivity contribution in [2.75, 3.05) is 7.05 Å². The lowest BCUT2D eigenvalue weighted by atomic mass is 10.1. The van der Waals surface area contributed by atoms with Crippen molar-refractivity contribution in [2.24, 2.45) is 4.99 Å². The summed E-state index contributed by atoms with van der Waals surface area (Å²) in [5.74, 6) is 2.37. The molecular formula is C20H23N5O. The van der Waals surface area contributed by atoms with Crippen molar-refractivity contribution in [3.63, 3.8) is 0 Å². The summed E-state index contributed by atoms with van der Waals surface area (Å²) in [6, 6.07) is 17.9. The van der Waals surface area contributed by atoms with Crippen molar-refractivity contribution in [1.29, 1.82) is 0 Å². The molecule has 3 rings (SSSR count). The zero-order valence-electron chi connectivity index (χ0n) is 15.0. The molecular weight excluding hydrogens is 326 g/mol. The van der Waals surface area contributed by atoms with Gasteiger partial charge in [0.25, 0.3) is 0 Å². The molecule has 134 valence electrons. The van der Waals surface area contributed by atoms with E-state index >= 15 is 0 Å². The van der Waals surface area contributed by atoms with E-state index < -0.39 is 0 Å². The van der Waals surface area contributed by atoms with Crippen molar-refractivity contribution in [2.45, 2.75) is 20.0 Å². The fraction of sp³-hybridized carbons (Fsp3) is 0.200. The number of benzene rings is 2. The van der Waals surface area contributed by atoms with Crippen molar-refractivity contribution < 1.29 is 4.74 Å². The number of aromatic amines is 1. The maximum atomic E-state index is 6.06. The molecule has 3 aromatic rings. The molecule has 1 heterocycles. The summed E-state index contributed by atoms with van der Waals surface area (Å²) in [7, 11) is 1.75. The van der Waals surface area contributed by atoms with Crippen LogP contribution in [0.25, 0.3) is 0 Å². The molecule has 1 aromatic heterocycles. The lowest BCUT2D eigenvalue weighted by Crippen LogP contribution is -2.36. The number of nitrogens with one attached hydrogen (secondary N) is 3. The molecule has 2 aromatic carbocycles. The van der Waals surface area contributed by atoms with Gasteiger partial charge in [0.2, 0.25) is 0 Å². The van der Waals surface area contributed by atoms with Gasteiger partial charge < -0.3 is 15.4 Å². The van der Waals surface area contributed by atoms with Gasteiger partial charge in [-0.25, -0.2) is 0 Å². The van der Waals surface area contributed by atoms with Crippen LogP contribution in [0.3, 0.4) is 0 Å². The first-order valence-corrected chi connectivity index (χ1v) is 8.50. The van der Waals surface area contributed by atoms with Crippen molar-refractivity contribution >= 4 is 5.96 Å². The maximum Gasteiger partial charge on any atom is 0.191 e. The van der Waals surface area contributed by atoms with E-state index in [-0.39, 0.29) is 0 Å². The topological polar surface area (TPSA) is 74.3 Å². The average molecular weight is 349 g/mol. The number of para-hydroxylation sites is 1. The van der Waals surface area contributed by atoms with Gasteiger partial charge in [-0.2, -0.15) is 5.10 Å². The Morgan fingerprint density at radius 1 is 1.08 bits per heavy atom. The number of hydrogen-bond donors (Lipinski definition) is 3. The minimum absolute atomic E-state index is 0.602. The number of guanidine groups is 1. The molecule has 6 heteroatoms. The van der Waals surface area contributed by atoms with Crippen LogP contribution < -0.4 is 15.4 Å². The van der Waals surface area contributed by atoms with Crippen LogP contribution in [0.5, 0.6) is 11.5 Å². The smallest absolute Gasteiger partial charge is 0.191 e. The number of aliphatic imine (C=N–C) groups is 1. The highest BCUT2D eigenvalue weighted by Gasteiger charge is 2.07. The molecule has 0 atom stereocenters. The Balaban J connectivity index is 1.64. The number of aromatic nitrogens is 2. The molecule has 0 saturated heterocycles. The summed E-state index contributed by atoms with van der Waals surface area (Å²) < 4.78 is 6.06. The summed E-state index contributed by atoms with van der Waals surface area (Å²) in [5.41, 5.74) is 3.21. The lowest BCUT2D eigenvalue weighted by molar-refractivity contribution is 0.474. The molecule has 0 spiro atoms. The standard InChI is InChI=1S/C20H23N5O/c1-15-8-9-16(19(12-15)26-18-6-4-3-5-7-18)13-22-20(21-2)23-14-17-10-11-24-25-17/h3-12H,13-14H2,1-2H3,(H,24,25)(H2,21,22,23). The van der Waals surface area contributed by atoms with Crippen LogP contribution >= 0.6 is 0 Å². The Labute approximate surface area is 153 Å². The van der Waals surface area contributed by atoms with E-state index in [4.69, 9.17) is 4.74 Å². The normalized spacial score (nSPS) is 11.2. The van der Waals surface area contributed by atoms with Crippen molar-refractivity contribution in [3.8, 4) is 11.5 Å². The van der Waals surface area contributed by atoms with Gasteiger partial charge >= 0.3 is 0 Å². The second kappa shape index (κ2) is 8.71. The minimum atomic E-state index is 0.602. The van der Waals surface area contributed by atoms with Crippen LogP contribution in [-0.4, -0.2) is 23.2 Å². The predicted molar refractivity (Wildman–Crippen MR) is 103 cm³/mol. The summed E-state index contributed by atoms with van der Waals surface area (Å²) in [4.78, 5) is 4.25. The van der Waals surface area contributed by atoms with Gasteiger partial charge in [0.1, 0.15) is 11.5 Å². The van der Waals surface area contributed by atoms with Crippen LogP contribution in [0.1, 0.15) is 16.8 Å². The average Bonchev–Trinajstić information content (AvgIpc) is 3.18. The Bertz CT molecular complexity index is 844. The molecule has 0 aliphatic heterocycles. The summed E-state index contributed by atoms with van der Waals surface area (Å²) in [6.45, 7) is 3.28. The van der Waals surface area contributed by atoms with E-state index in [1.54, 1.807) is 13.2 Å². The molecule has 0 unspecified atom stereocenters. The number of hydrogen-bond acceptors (Lipinski definition) is 3. The highest BCUT2D eigenvalue weighted by Crippen LogP contribution is 2.26. The van der Waals surface area contributed by atoms with Crippen LogP contribution in [0.2, 0.25) is 0 Å². The highest BCUT2D eigenvalue weighted by molar-refractivity contribution is 5.79. The number of rotatable bonds is 6. The fourth-order valence-corrected chi connectivity index (χ4v) is 2.48. The predicted octanol–water partition coefficient (Wildman–Crippen LogP) is 3.38. The van der Waals surface area contributed by atoms with Gasteiger partial charge in [0.05, 0.1) is 12.2 Å². The molecule has 0 radical (unpaired) electrons. The second-order valence-electron chi connectivity index (χ2n) is 5.89. The molecule has 0 bridgehead atoms. The zero-order valence-corrected chi connectivity index (χ0v) is 15.0. The van der Waals surface area contributed by atoms with Gasteiger partial charge in [0.15, 0.2) is 5.96 Å². The van der Waals surface area contributed by atoms with Crippen LogP contribution in [0.15, 0.2) is 65.8 Å². The van der Waals surface area contributed by atoms with Gasteiger partial charge in [0, 0.05) is 25.4 Å². The highest BCUT2D eigenvalue weighted by atomic mass is 16.5. The van der Waals surface area contributed by atoms with E-state index in [0.29, 0.717) is 19.0 Å². The molecule has 0 saturated carbocycles. The molecule has 0 fully saturated rings. The quantitative estimate of drug-likeness (QED) is 0.471. The first kappa shape index (κ1) is 17.5. The number of H-pyrrole nitrogens is 1. The first-order chi connectivity index (χ1) is 12.7. The van der Waals surface area contributed by atoms with Gasteiger partial charge in [-0.1, -0.05) is 30.3 Å². The largest absolute Gasteiger partial charge is 0.457 e. The summed E-state index contributed by atoms with van der Waals surface area (Å²) in [6.07, 6.45) is 1.73. The Kier molecular flexibility index (Phi) is 5.88. The molecule has 3 N–H and O–H groups in total. The third-order valence-corrected chi connectivity index (χ3v) is 3.87. The van der Waals surface area contributed by atoms with Crippen LogP contribution in [-0.2, 0) is 13.1 Å². The van der Waals surface area contributed by atoms with Crippen LogP contribution in [0, 0.1) is 6.92 Å². The molecule has 6 nitrogen and oxygen atoms in total. The zero-order chi connectivity index (χ0) is 18.2. The fourth-order valence-electron chi connectivity index (χ4n) is 2.48. The third kappa shape index (κ3) is 4.86. The SMILES string of the molecule is CN=C(NCc1ccn[nH]1)NCc1ccc(C)cc1Oc1ccccc1. The Morgan fingerprint density at radius 3 is 2.62 bits per heavy atom. The van der Waals surface area contributed by atoms with E-state index in [1.807, 2.05) is 42.5 Å². The Morgan fingerprint density at radius 2 is 1.88 bits per heavy atom. The molecule has 0 aliphatic rings. The van der Waals surface area contributed by atoms with E-state index in [9.17, 15) is 0 Å². The van der Waals surface area contributed by atoms with E-state index in [2.05, 4.69) is 44.9 Å². The molecule has 26 heavy (non-hydrogen) atoms. The van der Waals surface area contributed by atoms with Crippen molar-refractivity contribution in [3.05, 3.63) is 77.6 Å². The van der Waals surface area contributed by atoms with Gasteiger partial charge in [-0.05, 0) is 36.8 Å². The molecule has 0 amide bonds. The van der Waals surface area contributed by atoms with Gasteiger partial charge in [-0.15, -0.1) is 0 Å². The van der Waals surface area contributed by atoms with Crippen molar-refractivity contribution in [1.82, 2.24) is 20.8 Å². The minimum Gasteiger partial charge on any atom is -0.457 e. The Hall–Kier alpha value is -3.28. The third-order valence-electron chi connectivity index (χ3n) is 3.87. The summed E-state index contributed by atoms with van der Waals surface area (Å²) in [5, 5.41) is 13.4. The summed E-state index contributed by atoms with van der Waals surface area (Å²) >= 11 is 0. The van der Waals surface area contributed by atoms with Crippen LogP contribution in [0.4, 0.5) is 0 Å². The number of aryl methyl sites for hydroxylation is 1. The first-order valence-electron chi connectivity index (χ1n) is 8.50. The second-order valence-corrected chi connectivity index (χ2v) is 5.89. The van der Waals surface area contributed by atoms with E-state index in [1.165, 1.54) is 0 Å². The maximum absolute atomic E-state index is 6.06. The van der Waals surface area contributed by atoms with Gasteiger partial charge in [-0.3, -0.25) is 10.1 Å². The number of ether oxygens (including phenoxy) is 1. The lowest BCUT2D eigenvalue weighted by Gasteiger charge is -2.15.